The molecule has 0 saturated heterocycles. The fourth-order valence-electron chi connectivity index (χ4n) is 2.46. The van der Waals surface area contributed by atoms with Crippen LogP contribution < -0.4 is 0 Å². The van der Waals surface area contributed by atoms with Crippen molar-refractivity contribution in [3.8, 4) is 5.75 Å². The van der Waals surface area contributed by atoms with Gasteiger partial charge in [0.15, 0.2) is 0 Å². The summed E-state index contributed by atoms with van der Waals surface area (Å²) in [5, 5.41) is 9.78. The van der Waals surface area contributed by atoms with Gasteiger partial charge in [0.2, 0.25) is 5.91 Å². The standard InChI is InChI=1S/C16H25NO2/c1-11(2)17(12(3)4)16(19)9-7-14-10-13(5)6-8-15(14)18/h6,8,10-12,18H,7,9H2,1-5H3. The van der Waals surface area contributed by atoms with Crippen LogP contribution >= 0.6 is 0 Å². The summed E-state index contributed by atoms with van der Waals surface area (Å²) in [5.74, 6) is 0.421. The number of aryl methyl sites for hydroxylation is 2. The van der Waals surface area contributed by atoms with E-state index >= 15 is 0 Å². The Balaban J connectivity index is 2.70. The summed E-state index contributed by atoms with van der Waals surface area (Å²) in [6, 6.07) is 5.92. The van der Waals surface area contributed by atoms with Crippen LogP contribution in [0, 0.1) is 6.92 Å². The lowest BCUT2D eigenvalue weighted by Gasteiger charge is -2.31. The molecular weight excluding hydrogens is 238 g/mol. The molecule has 1 amide bonds. The van der Waals surface area contributed by atoms with Crippen LogP contribution in [-0.2, 0) is 11.2 Å². The quantitative estimate of drug-likeness (QED) is 0.885. The third-order valence-corrected chi connectivity index (χ3v) is 3.24. The number of hydrogen-bond acceptors (Lipinski definition) is 2. The van der Waals surface area contributed by atoms with Crippen LogP contribution in [0.25, 0.3) is 0 Å². The van der Waals surface area contributed by atoms with Crippen molar-refractivity contribution in [1.29, 1.82) is 0 Å². The molecule has 106 valence electrons. The van der Waals surface area contributed by atoms with E-state index in [4.69, 9.17) is 0 Å². The number of benzene rings is 1. The van der Waals surface area contributed by atoms with E-state index in [1.807, 2.05) is 51.7 Å². The van der Waals surface area contributed by atoms with Crippen LogP contribution in [0.5, 0.6) is 5.75 Å². The fourth-order valence-corrected chi connectivity index (χ4v) is 2.46. The van der Waals surface area contributed by atoms with Crippen molar-refractivity contribution in [3.05, 3.63) is 29.3 Å². The summed E-state index contributed by atoms with van der Waals surface area (Å²) in [4.78, 5) is 14.1. The van der Waals surface area contributed by atoms with Gasteiger partial charge in [-0.3, -0.25) is 4.79 Å². The first-order valence-electron chi connectivity index (χ1n) is 6.92. The van der Waals surface area contributed by atoms with E-state index in [9.17, 15) is 9.90 Å². The zero-order valence-electron chi connectivity index (χ0n) is 12.6. The smallest absolute Gasteiger partial charge is 0.223 e. The lowest BCUT2D eigenvalue weighted by Crippen LogP contribution is -2.42. The highest BCUT2D eigenvalue weighted by Gasteiger charge is 2.19. The number of carbonyl (C=O) groups is 1. The van der Waals surface area contributed by atoms with Crippen LogP contribution in [0.3, 0.4) is 0 Å². The monoisotopic (exact) mass is 263 g/mol. The highest BCUT2D eigenvalue weighted by Crippen LogP contribution is 2.20. The minimum atomic E-state index is 0.144. The maximum Gasteiger partial charge on any atom is 0.223 e. The van der Waals surface area contributed by atoms with Crippen molar-refractivity contribution in [2.24, 2.45) is 0 Å². The third-order valence-electron chi connectivity index (χ3n) is 3.24. The first kappa shape index (κ1) is 15.5. The summed E-state index contributed by atoms with van der Waals surface area (Å²) in [7, 11) is 0. The molecule has 0 radical (unpaired) electrons. The van der Waals surface area contributed by atoms with Crippen molar-refractivity contribution >= 4 is 5.91 Å². The molecule has 1 aromatic carbocycles. The van der Waals surface area contributed by atoms with E-state index in [1.54, 1.807) is 6.07 Å². The summed E-state index contributed by atoms with van der Waals surface area (Å²) in [6.07, 6.45) is 1.02. The van der Waals surface area contributed by atoms with Crippen LogP contribution in [-0.4, -0.2) is 28.0 Å². The molecule has 1 rings (SSSR count). The maximum atomic E-state index is 12.2. The number of hydrogen-bond donors (Lipinski definition) is 1. The molecule has 0 spiro atoms. The number of nitrogens with zero attached hydrogens (tertiary/aromatic N) is 1. The average Bonchev–Trinajstić information content (AvgIpc) is 2.29. The summed E-state index contributed by atoms with van der Waals surface area (Å²) in [6.45, 7) is 10.1. The molecule has 0 aromatic heterocycles. The fraction of sp³-hybridized carbons (Fsp3) is 0.562. The second kappa shape index (κ2) is 6.60. The minimum absolute atomic E-state index is 0.144. The normalized spacial score (nSPS) is 11.1. The number of amides is 1. The molecule has 0 saturated carbocycles. The van der Waals surface area contributed by atoms with Crippen molar-refractivity contribution < 1.29 is 9.90 Å². The molecular formula is C16H25NO2. The Hall–Kier alpha value is -1.51. The first-order chi connectivity index (χ1) is 8.82. The van der Waals surface area contributed by atoms with Gasteiger partial charge in [-0.05, 0) is 52.7 Å². The molecule has 19 heavy (non-hydrogen) atoms. The van der Waals surface area contributed by atoms with Gasteiger partial charge in [-0.2, -0.15) is 0 Å². The highest BCUT2D eigenvalue weighted by atomic mass is 16.3. The molecule has 0 unspecified atom stereocenters. The lowest BCUT2D eigenvalue weighted by molar-refractivity contribution is -0.134. The van der Waals surface area contributed by atoms with Gasteiger partial charge in [0.1, 0.15) is 5.75 Å². The molecule has 1 aromatic rings. The van der Waals surface area contributed by atoms with Crippen molar-refractivity contribution in [2.75, 3.05) is 0 Å². The summed E-state index contributed by atoms with van der Waals surface area (Å²) in [5.41, 5.74) is 1.95. The van der Waals surface area contributed by atoms with E-state index in [0.29, 0.717) is 12.8 Å². The third kappa shape index (κ3) is 4.27. The average molecular weight is 263 g/mol. The van der Waals surface area contributed by atoms with E-state index in [-0.39, 0.29) is 23.7 Å². The van der Waals surface area contributed by atoms with Crippen molar-refractivity contribution in [2.45, 2.75) is 59.5 Å². The summed E-state index contributed by atoms with van der Waals surface area (Å²) < 4.78 is 0. The second-order valence-corrected chi connectivity index (χ2v) is 5.62. The highest BCUT2D eigenvalue weighted by molar-refractivity contribution is 5.77. The number of aromatic hydroxyl groups is 1. The molecule has 0 aliphatic rings. The van der Waals surface area contributed by atoms with Crippen LogP contribution in [0.15, 0.2) is 18.2 Å². The topological polar surface area (TPSA) is 40.5 Å². The van der Waals surface area contributed by atoms with Gasteiger partial charge in [0.05, 0.1) is 0 Å². The van der Waals surface area contributed by atoms with E-state index in [1.165, 1.54) is 0 Å². The number of phenolic OH excluding ortho intramolecular Hbond substituents is 1. The Morgan fingerprint density at radius 3 is 2.32 bits per heavy atom. The molecule has 0 heterocycles. The zero-order valence-corrected chi connectivity index (χ0v) is 12.6. The predicted octanol–water partition coefficient (Wildman–Crippen LogP) is 3.28. The molecule has 0 fully saturated rings. The largest absolute Gasteiger partial charge is 0.508 e. The first-order valence-corrected chi connectivity index (χ1v) is 6.92. The van der Waals surface area contributed by atoms with Gasteiger partial charge in [-0.25, -0.2) is 0 Å². The van der Waals surface area contributed by atoms with Crippen LogP contribution in [0.2, 0.25) is 0 Å². The zero-order chi connectivity index (χ0) is 14.6. The number of carbonyl (C=O) groups excluding carboxylic acids is 1. The van der Waals surface area contributed by atoms with Gasteiger partial charge in [-0.15, -0.1) is 0 Å². The van der Waals surface area contributed by atoms with Crippen LogP contribution in [0.1, 0.15) is 45.2 Å². The van der Waals surface area contributed by atoms with E-state index < -0.39 is 0 Å². The van der Waals surface area contributed by atoms with Gasteiger partial charge >= 0.3 is 0 Å². The molecule has 3 nitrogen and oxygen atoms in total. The molecule has 0 aliphatic carbocycles. The van der Waals surface area contributed by atoms with Gasteiger partial charge in [-0.1, -0.05) is 17.7 Å². The molecule has 3 heteroatoms. The molecule has 0 bridgehead atoms. The lowest BCUT2D eigenvalue weighted by atomic mass is 10.0. The SMILES string of the molecule is Cc1ccc(O)c(CCC(=O)N(C(C)C)C(C)C)c1. The Morgan fingerprint density at radius 1 is 1.21 bits per heavy atom. The van der Waals surface area contributed by atoms with Crippen molar-refractivity contribution in [1.82, 2.24) is 4.90 Å². The van der Waals surface area contributed by atoms with Gasteiger partial charge < -0.3 is 10.0 Å². The maximum absolute atomic E-state index is 12.2. The van der Waals surface area contributed by atoms with Crippen molar-refractivity contribution in [3.63, 3.8) is 0 Å². The Labute approximate surface area is 116 Å². The van der Waals surface area contributed by atoms with Gasteiger partial charge in [0.25, 0.3) is 0 Å². The Morgan fingerprint density at radius 2 is 1.79 bits per heavy atom. The summed E-state index contributed by atoms with van der Waals surface area (Å²) >= 11 is 0. The Kier molecular flexibility index (Phi) is 5.40. The van der Waals surface area contributed by atoms with E-state index in [2.05, 4.69) is 0 Å². The second-order valence-electron chi connectivity index (χ2n) is 5.62. The van der Waals surface area contributed by atoms with E-state index in [0.717, 1.165) is 11.1 Å². The molecule has 0 atom stereocenters. The van der Waals surface area contributed by atoms with Gasteiger partial charge in [0, 0.05) is 18.5 Å². The predicted molar refractivity (Wildman–Crippen MR) is 78.3 cm³/mol. The van der Waals surface area contributed by atoms with Crippen LogP contribution in [0.4, 0.5) is 0 Å². The Bertz CT molecular complexity index is 430. The molecule has 0 aliphatic heterocycles. The number of phenols is 1. The number of rotatable bonds is 5. The molecule has 1 N–H and O–H groups in total. The minimum Gasteiger partial charge on any atom is -0.508 e.